The highest BCUT2D eigenvalue weighted by atomic mass is 32.2. The van der Waals surface area contributed by atoms with Crippen LogP contribution in [0.25, 0.3) is 0 Å². The third-order valence-corrected chi connectivity index (χ3v) is 5.84. The molecule has 126 valence electrons. The number of thioether (sulfide) groups is 1. The van der Waals surface area contributed by atoms with Gasteiger partial charge in [0.25, 0.3) is 5.56 Å². The molecule has 1 aliphatic heterocycles. The molecule has 2 aliphatic rings. The normalized spacial score (nSPS) is 30.9. The van der Waals surface area contributed by atoms with E-state index in [4.69, 9.17) is 4.74 Å². The lowest BCUT2D eigenvalue weighted by Crippen LogP contribution is -2.38. The molecule has 8 nitrogen and oxygen atoms in total. The predicted molar refractivity (Wildman–Crippen MR) is 82.1 cm³/mol. The summed E-state index contributed by atoms with van der Waals surface area (Å²) < 4.78 is 6.37. The Kier molecular flexibility index (Phi) is 4.60. The molecule has 0 spiro atoms. The van der Waals surface area contributed by atoms with Gasteiger partial charge < -0.3 is 14.9 Å². The number of aromatic amines is 1. The highest BCUT2D eigenvalue weighted by Gasteiger charge is 2.44. The van der Waals surface area contributed by atoms with E-state index in [-0.39, 0.29) is 18.5 Å². The summed E-state index contributed by atoms with van der Waals surface area (Å²) in [5.74, 6) is -0.329. The number of esters is 1. The van der Waals surface area contributed by atoms with Crippen molar-refractivity contribution in [3.63, 3.8) is 0 Å². The minimum Gasteiger partial charge on any atom is -0.464 e. The van der Waals surface area contributed by atoms with Crippen LogP contribution in [0.1, 0.15) is 24.6 Å². The second-order valence-corrected chi connectivity index (χ2v) is 7.18. The molecule has 2 fully saturated rings. The SMILES string of the molecule is O=C(OC[C@H]1S[C@@H](n2ccc(=O)[nH]c2=O)C(O)C1O)C1CCC1. The third-order valence-electron chi connectivity index (χ3n) is 4.29. The molecule has 2 unspecified atom stereocenters. The van der Waals surface area contributed by atoms with Crippen molar-refractivity contribution in [3.8, 4) is 0 Å². The zero-order valence-electron chi connectivity index (χ0n) is 12.3. The monoisotopic (exact) mass is 342 g/mol. The van der Waals surface area contributed by atoms with Gasteiger partial charge in [-0.25, -0.2) is 4.79 Å². The molecule has 0 amide bonds. The van der Waals surface area contributed by atoms with E-state index in [9.17, 15) is 24.6 Å². The molecule has 1 aromatic heterocycles. The van der Waals surface area contributed by atoms with Crippen LogP contribution in [0.5, 0.6) is 0 Å². The molecular formula is C14H18N2O6S. The number of aliphatic hydroxyl groups is 2. The Morgan fingerprint density at radius 2 is 2.09 bits per heavy atom. The molecule has 0 radical (unpaired) electrons. The number of rotatable bonds is 4. The molecule has 0 bridgehead atoms. The van der Waals surface area contributed by atoms with Gasteiger partial charge in [0.05, 0.1) is 17.3 Å². The molecule has 3 rings (SSSR count). The molecule has 0 aromatic carbocycles. The van der Waals surface area contributed by atoms with Gasteiger partial charge in [-0.3, -0.25) is 19.1 Å². The van der Waals surface area contributed by atoms with E-state index >= 15 is 0 Å². The van der Waals surface area contributed by atoms with E-state index < -0.39 is 34.1 Å². The van der Waals surface area contributed by atoms with E-state index in [1.54, 1.807) is 0 Å². The molecular weight excluding hydrogens is 324 g/mol. The van der Waals surface area contributed by atoms with Crippen molar-refractivity contribution in [2.75, 3.05) is 6.61 Å². The Balaban J connectivity index is 1.66. The van der Waals surface area contributed by atoms with Crippen LogP contribution < -0.4 is 11.2 Å². The first-order chi connectivity index (χ1) is 11.0. The summed E-state index contributed by atoms with van der Waals surface area (Å²) in [6.45, 7) is -0.0210. The van der Waals surface area contributed by atoms with Crippen LogP contribution in [-0.4, -0.2) is 49.8 Å². The standard InChI is InChI=1S/C14H18N2O6S/c17-9-4-5-16(14(21)15-9)12-11(19)10(18)8(23-12)6-22-13(20)7-2-1-3-7/h4-5,7-8,10-12,18-19H,1-3,6H2,(H,15,17,21)/t8-,10?,11?,12-/m1/s1. The van der Waals surface area contributed by atoms with Gasteiger partial charge in [0.1, 0.15) is 18.1 Å². The van der Waals surface area contributed by atoms with E-state index in [0.717, 1.165) is 35.6 Å². The molecule has 9 heteroatoms. The van der Waals surface area contributed by atoms with Crippen LogP contribution in [0.4, 0.5) is 0 Å². The lowest BCUT2D eigenvalue weighted by atomic mass is 9.86. The average Bonchev–Trinajstić information content (AvgIpc) is 2.71. The first-order valence-corrected chi connectivity index (χ1v) is 8.41. The topological polar surface area (TPSA) is 122 Å². The van der Waals surface area contributed by atoms with Gasteiger partial charge in [0, 0.05) is 12.3 Å². The summed E-state index contributed by atoms with van der Waals surface area (Å²) in [5.41, 5.74) is -1.19. The number of hydrogen-bond acceptors (Lipinski definition) is 7. The molecule has 3 N–H and O–H groups in total. The maximum atomic E-state index is 11.8. The summed E-state index contributed by atoms with van der Waals surface area (Å²) >= 11 is 1.14. The number of ether oxygens (including phenoxy) is 1. The second-order valence-electron chi connectivity index (χ2n) is 5.82. The molecule has 1 saturated carbocycles. The Bertz CT molecular complexity index is 697. The Morgan fingerprint density at radius 3 is 2.70 bits per heavy atom. The fourth-order valence-corrected chi connectivity index (χ4v) is 4.10. The number of aromatic nitrogens is 2. The van der Waals surface area contributed by atoms with Gasteiger partial charge in [-0.05, 0) is 12.8 Å². The quantitative estimate of drug-likeness (QED) is 0.613. The van der Waals surface area contributed by atoms with Crippen molar-refractivity contribution < 1.29 is 19.7 Å². The van der Waals surface area contributed by atoms with Crippen molar-refractivity contribution in [1.29, 1.82) is 0 Å². The average molecular weight is 342 g/mol. The summed E-state index contributed by atoms with van der Waals surface area (Å²) in [5, 5.41) is 19.0. The minimum absolute atomic E-state index is 0.0210. The second kappa shape index (κ2) is 6.50. The van der Waals surface area contributed by atoms with Gasteiger partial charge in [-0.1, -0.05) is 6.42 Å². The van der Waals surface area contributed by atoms with E-state index in [0.29, 0.717) is 0 Å². The fraction of sp³-hybridized carbons (Fsp3) is 0.643. The Labute approximate surface area is 135 Å². The van der Waals surface area contributed by atoms with Crippen LogP contribution in [-0.2, 0) is 9.53 Å². The molecule has 1 aliphatic carbocycles. The zero-order valence-corrected chi connectivity index (χ0v) is 13.1. The van der Waals surface area contributed by atoms with Gasteiger partial charge in [-0.2, -0.15) is 0 Å². The van der Waals surface area contributed by atoms with Gasteiger partial charge in [-0.15, -0.1) is 11.8 Å². The summed E-state index contributed by atoms with van der Waals surface area (Å²) in [6, 6.07) is 1.17. The zero-order chi connectivity index (χ0) is 16.6. The Hall–Kier alpha value is -1.58. The van der Waals surface area contributed by atoms with E-state index in [1.165, 1.54) is 12.3 Å². The van der Waals surface area contributed by atoms with Crippen molar-refractivity contribution in [2.45, 2.75) is 42.1 Å². The molecule has 1 saturated heterocycles. The Morgan fingerprint density at radius 1 is 1.35 bits per heavy atom. The highest BCUT2D eigenvalue weighted by molar-refractivity contribution is 8.00. The number of aliphatic hydroxyl groups excluding tert-OH is 2. The number of carbonyl (C=O) groups excluding carboxylic acids is 1. The van der Waals surface area contributed by atoms with Crippen LogP contribution in [0.3, 0.4) is 0 Å². The molecule has 23 heavy (non-hydrogen) atoms. The number of nitrogens with one attached hydrogen (secondary N) is 1. The summed E-state index contributed by atoms with van der Waals surface area (Å²) in [6.07, 6.45) is 1.64. The smallest absolute Gasteiger partial charge is 0.329 e. The van der Waals surface area contributed by atoms with Gasteiger partial charge in [0.2, 0.25) is 0 Å². The third kappa shape index (κ3) is 3.22. The minimum atomic E-state index is -1.20. The first-order valence-electron chi connectivity index (χ1n) is 7.47. The van der Waals surface area contributed by atoms with Crippen molar-refractivity contribution >= 4 is 17.7 Å². The largest absolute Gasteiger partial charge is 0.464 e. The molecule has 4 atom stereocenters. The number of nitrogens with zero attached hydrogens (tertiary/aromatic N) is 1. The first kappa shape index (κ1) is 16.3. The van der Waals surface area contributed by atoms with Gasteiger partial charge >= 0.3 is 11.7 Å². The van der Waals surface area contributed by atoms with Crippen molar-refractivity contribution in [1.82, 2.24) is 9.55 Å². The van der Waals surface area contributed by atoms with E-state index in [2.05, 4.69) is 4.98 Å². The predicted octanol–water partition coefficient (Wildman–Crippen LogP) is -0.784. The number of H-pyrrole nitrogens is 1. The fourth-order valence-electron chi connectivity index (χ4n) is 2.65. The lowest BCUT2D eigenvalue weighted by molar-refractivity contribution is -0.152. The molecule has 1 aromatic rings. The van der Waals surface area contributed by atoms with Crippen LogP contribution in [0.2, 0.25) is 0 Å². The van der Waals surface area contributed by atoms with Crippen LogP contribution in [0, 0.1) is 5.92 Å². The van der Waals surface area contributed by atoms with Crippen molar-refractivity contribution in [2.24, 2.45) is 5.92 Å². The van der Waals surface area contributed by atoms with Crippen molar-refractivity contribution in [3.05, 3.63) is 33.1 Å². The van der Waals surface area contributed by atoms with Crippen LogP contribution >= 0.6 is 11.8 Å². The highest BCUT2D eigenvalue weighted by Crippen LogP contribution is 2.41. The summed E-state index contributed by atoms with van der Waals surface area (Å²) in [4.78, 5) is 36.8. The number of hydrogen-bond donors (Lipinski definition) is 3. The molecule has 2 heterocycles. The van der Waals surface area contributed by atoms with E-state index in [1.807, 2.05) is 0 Å². The maximum absolute atomic E-state index is 11.8. The maximum Gasteiger partial charge on any atom is 0.329 e. The lowest BCUT2D eigenvalue weighted by Gasteiger charge is -2.24. The number of carbonyl (C=O) groups is 1. The summed E-state index contributed by atoms with van der Waals surface area (Å²) in [7, 11) is 0. The van der Waals surface area contributed by atoms with Crippen LogP contribution in [0.15, 0.2) is 21.9 Å². The van der Waals surface area contributed by atoms with Gasteiger partial charge in [0.15, 0.2) is 0 Å².